The number of sulfonamides is 1. The molecule has 1 aromatic rings. The van der Waals surface area contributed by atoms with Gasteiger partial charge in [0, 0.05) is 12.6 Å². The van der Waals surface area contributed by atoms with Gasteiger partial charge in [-0.25, -0.2) is 13.1 Å². The van der Waals surface area contributed by atoms with E-state index in [9.17, 15) is 13.2 Å². The van der Waals surface area contributed by atoms with Gasteiger partial charge in [0.15, 0.2) is 6.61 Å². The minimum absolute atomic E-state index is 0.0915. The second kappa shape index (κ2) is 9.64. The molecular weight excluding hydrogens is 328 g/mol. The van der Waals surface area contributed by atoms with Crippen LogP contribution in [0.2, 0.25) is 0 Å². The minimum atomic E-state index is -3.51. The summed E-state index contributed by atoms with van der Waals surface area (Å²) in [5.41, 5.74) is 0. The van der Waals surface area contributed by atoms with Crippen molar-refractivity contribution < 1.29 is 17.9 Å². The van der Waals surface area contributed by atoms with Crippen molar-refractivity contribution >= 4 is 15.9 Å². The standard InChI is InChI=1S/C17H28N2O4S/c1-5-6-14(4)19-17(20)12-23-15-7-9-16(10-8-15)24(21,22)18-11-13(2)3/h7-10,13-14,18H,5-6,11-12H2,1-4H3,(H,19,20)/t14-/m0/s1. The summed E-state index contributed by atoms with van der Waals surface area (Å²) in [6.45, 7) is 8.18. The van der Waals surface area contributed by atoms with Crippen LogP contribution in [0.4, 0.5) is 0 Å². The maximum Gasteiger partial charge on any atom is 0.258 e. The third-order valence-electron chi connectivity index (χ3n) is 3.31. The zero-order valence-corrected chi connectivity index (χ0v) is 15.7. The van der Waals surface area contributed by atoms with Crippen molar-refractivity contribution in [2.45, 2.75) is 51.5 Å². The molecule has 1 rings (SSSR count). The molecule has 6 nitrogen and oxygen atoms in total. The molecule has 1 aromatic carbocycles. The van der Waals surface area contributed by atoms with Gasteiger partial charge in [-0.2, -0.15) is 0 Å². The second-order valence-electron chi connectivity index (χ2n) is 6.26. The molecule has 136 valence electrons. The van der Waals surface area contributed by atoms with Crippen LogP contribution in [0.1, 0.15) is 40.5 Å². The van der Waals surface area contributed by atoms with Crippen molar-refractivity contribution in [3.63, 3.8) is 0 Å². The number of rotatable bonds is 10. The third kappa shape index (κ3) is 7.31. The summed E-state index contributed by atoms with van der Waals surface area (Å²) in [5.74, 6) is 0.498. The maximum atomic E-state index is 12.1. The maximum absolute atomic E-state index is 12.1. The van der Waals surface area contributed by atoms with Crippen LogP contribution >= 0.6 is 0 Å². The molecule has 0 fully saturated rings. The van der Waals surface area contributed by atoms with Crippen molar-refractivity contribution in [2.75, 3.05) is 13.2 Å². The van der Waals surface area contributed by atoms with E-state index in [0.29, 0.717) is 12.3 Å². The van der Waals surface area contributed by atoms with E-state index in [2.05, 4.69) is 17.0 Å². The van der Waals surface area contributed by atoms with E-state index in [1.165, 1.54) is 12.1 Å². The highest BCUT2D eigenvalue weighted by Crippen LogP contribution is 2.16. The van der Waals surface area contributed by atoms with Gasteiger partial charge in [-0.1, -0.05) is 27.2 Å². The van der Waals surface area contributed by atoms with E-state index in [1.54, 1.807) is 12.1 Å². The first-order chi connectivity index (χ1) is 11.2. The number of ether oxygens (including phenoxy) is 1. The summed E-state index contributed by atoms with van der Waals surface area (Å²) >= 11 is 0. The largest absolute Gasteiger partial charge is 0.484 e. The van der Waals surface area contributed by atoms with Gasteiger partial charge >= 0.3 is 0 Å². The zero-order valence-electron chi connectivity index (χ0n) is 14.8. The Bertz CT molecular complexity index is 612. The van der Waals surface area contributed by atoms with Crippen LogP contribution < -0.4 is 14.8 Å². The second-order valence-corrected chi connectivity index (χ2v) is 8.03. The summed E-state index contributed by atoms with van der Waals surface area (Å²) in [6.07, 6.45) is 1.92. The van der Waals surface area contributed by atoms with Crippen LogP contribution in [-0.4, -0.2) is 33.5 Å². The van der Waals surface area contributed by atoms with Crippen LogP contribution in [0.3, 0.4) is 0 Å². The van der Waals surface area contributed by atoms with Crippen LogP contribution in [0, 0.1) is 5.92 Å². The lowest BCUT2D eigenvalue weighted by Crippen LogP contribution is -2.35. The zero-order chi connectivity index (χ0) is 18.2. The molecule has 0 aromatic heterocycles. The van der Waals surface area contributed by atoms with Gasteiger partial charge < -0.3 is 10.1 Å². The van der Waals surface area contributed by atoms with E-state index in [0.717, 1.165) is 12.8 Å². The number of hydrogen-bond acceptors (Lipinski definition) is 4. The Morgan fingerprint density at radius 2 is 1.79 bits per heavy atom. The van der Waals surface area contributed by atoms with Crippen LogP contribution in [0.5, 0.6) is 5.75 Å². The molecular formula is C17H28N2O4S. The Kier molecular flexibility index (Phi) is 8.21. The Morgan fingerprint density at radius 1 is 1.17 bits per heavy atom. The predicted octanol–water partition coefficient (Wildman–Crippen LogP) is 2.30. The summed E-state index contributed by atoms with van der Waals surface area (Å²) in [6, 6.07) is 6.15. The van der Waals surface area contributed by atoms with E-state index < -0.39 is 10.0 Å². The Labute approximate surface area is 145 Å². The van der Waals surface area contributed by atoms with Crippen molar-refractivity contribution in [3.05, 3.63) is 24.3 Å². The molecule has 0 spiro atoms. The fraction of sp³-hybridized carbons (Fsp3) is 0.588. The van der Waals surface area contributed by atoms with Crippen molar-refractivity contribution in [2.24, 2.45) is 5.92 Å². The molecule has 1 atom stereocenters. The molecule has 0 aliphatic carbocycles. The van der Waals surface area contributed by atoms with Gasteiger partial charge in [-0.05, 0) is 43.5 Å². The lowest BCUT2D eigenvalue weighted by atomic mass is 10.2. The van der Waals surface area contributed by atoms with Crippen LogP contribution in [-0.2, 0) is 14.8 Å². The number of nitrogens with one attached hydrogen (secondary N) is 2. The summed E-state index contributed by atoms with van der Waals surface area (Å²) in [4.78, 5) is 11.9. The van der Waals surface area contributed by atoms with E-state index in [1.807, 2.05) is 20.8 Å². The lowest BCUT2D eigenvalue weighted by molar-refractivity contribution is -0.123. The summed E-state index contributed by atoms with van der Waals surface area (Å²) in [7, 11) is -3.51. The number of amides is 1. The molecule has 0 heterocycles. The summed E-state index contributed by atoms with van der Waals surface area (Å²) in [5, 5.41) is 2.84. The van der Waals surface area contributed by atoms with Gasteiger partial charge in [0.05, 0.1) is 4.90 Å². The Hall–Kier alpha value is -1.60. The number of benzene rings is 1. The van der Waals surface area contributed by atoms with Crippen LogP contribution in [0.15, 0.2) is 29.2 Å². The molecule has 0 saturated heterocycles. The Balaban J connectivity index is 2.54. The molecule has 2 N–H and O–H groups in total. The number of carbonyl (C=O) groups excluding carboxylic acids is 1. The minimum Gasteiger partial charge on any atom is -0.484 e. The van der Waals surface area contributed by atoms with Gasteiger partial charge in [0.2, 0.25) is 10.0 Å². The normalized spacial score (nSPS) is 12.9. The van der Waals surface area contributed by atoms with Crippen LogP contribution in [0.25, 0.3) is 0 Å². The molecule has 1 amide bonds. The van der Waals surface area contributed by atoms with Gasteiger partial charge in [-0.15, -0.1) is 0 Å². The predicted molar refractivity (Wildman–Crippen MR) is 94.5 cm³/mol. The van der Waals surface area contributed by atoms with Gasteiger partial charge in [0.25, 0.3) is 5.91 Å². The molecule has 24 heavy (non-hydrogen) atoms. The highest BCUT2D eigenvalue weighted by Gasteiger charge is 2.14. The molecule has 0 bridgehead atoms. The number of hydrogen-bond donors (Lipinski definition) is 2. The average Bonchev–Trinajstić information content (AvgIpc) is 2.52. The highest BCUT2D eigenvalue weighted by atomic mass is 32.2. The summed E-state index contributed by atoms with van der Waals surface area (Å²) < 4.78 is 32.1. The van der Waals surface area contributed by atoms with E-state index in [4.69, 9.17) is 4.74 Å². The first-order valence-electron chi connectivity index (χ1n) is 8.26. The molecule has 0 unspecified atom stereocenters. The molecule has 7 heteroatoms. The fourth-order valence-corrected chi connectivity index (χ4v) is 3.26. The smallest absolute Gasteiger partial charge is 0.258 e. The van der Waals surface area contributed by atoms with Crippen molar-refractivity contribution in [3.8, 4) is 5.75 Å². The monoisotopic (exact) mass is 356 g/mol. The topological polar surface area (TPSA) is 84.5 Å². The first kappa shape index (κ1) is 20.4. The Morgan fingerprint density at radius 3 is 2.33 bits per heavy atom. The van der Waals surface area contributed by atoms with Crippen molar-refractivity contribution in [1.29, 1.82) is 0 Å². The fourth-order valence-electron chi connectivity index (χ4n) is 2.05. The molecule has 0 saturated carbocycles. The quantitative estimate of drug-likeness (QED) is 0.674. The lowest BCUT2D eigenvalue weighted by Gasteiger charge is -2.13. The van der Waals surface area contributed by atoms with E-state index in [-0.39, 0.29) is 29.4 Å². The number of carbonyl (C=O) groups is 1. The SMILES string of the molecule is CCC[C@H](C)NC(=O)COc1ccc(S(=O)(=O)NCC(C)C)cc1. The highest BCUT2D eigenvalue weighted by molar-refractivity contribution is 7.89. The molecule has 0 radical (unpaired) electrons. The molecule has 0 aliphatic heterocycles. The molecule has 0 aliphatic rings. The van der Waals surface area contributed by atoms with E-state index >= 15 is 0 Å². The first-order valence-corrected chi connectivity index (χ1v) is 9.74. The van der Waals surface area contributed by atoms with Gasteiger partial charge in [-0.3, -0.25) is 4.79 Å². The third-order valence-corrected chi connectivity index (χ3v) is 4.75. The van der Waals surface area contributed by atoms with Gasteiger partial charge in [0.1, 0.15) is 5.75 Å². The average molecular weight is 356 g/mol. The van der Waals surface area contributed by atoms with Crippen molar-refractivity contribution in [1.82, 2.24) is 10.0 Å².